The Labute approximate surface area is 96.2 Å². The van der Waals surface area contributed by atoms with E-state index < -0.39 is 8.24 Å². The van der Waals surface area contributed by atoms with Crippen LogP contribution in [-0.2, 0) is 0 Å². The average Bonchev–Trinajstić information content (AvgIpc) is 2.59. The van der Waals surface area contributed by atoms with Gasteiger partial charge in [0.25, 0.3) is 0 Å². The molecule has 0 unspecified atom stereocenters. The molecule has 0 bridgehead atoms. The van der Waals surface area contributed by atoms with Crippen LogP contribution in [0.5, 0.6) is 0 Å². The van der Waals surface area contributed by atoms with E-state index in [1.807, 2.05) is 25.3 Å². The van der Waals surface area contributed by atoms with Crippen molar-refractivity contribution < 1.29 is 0 Å². The van der Waals surface area contributed by atoms with Crippen molar-refractivity contribution in [1.82, 2.24) is 19.2 Å². The molecular weight excluding hydrogens is 218 g/mol. The van der Waals surface area contributed by atoms with Gasteiger partial charge in [0.05, 0.1) is 6.33 Å². The molecule has 0 saturated heterocycles. The summed E-state index contributed by atoms with van der Waals surface area (Å²) in [7, 11) is 2.50. The molecule has 2 aromatic heterocycles. The van der Waals surface area contributed by atoms with E-state index in [-0.39, 0.29) is 0 Å². The van der Waals surface area contributed by atoms with Crippen molar-refractivity contribution in [2.24, 2.45) is 0 Å². The number of aromatic nitrogens is 4. The summed E-state index contributed by atoms with van der Waals surface area (Å²) < 4.78 is 2.25. The first-order valence-corrected chi connectivity index (χ1v) is 8.72. The molecule has 2 aromatic rings. The lowest BCUT2D eigenvalue weighted by Gasteiger charge is -2.21. The maximum atomic E-state index is 4.35. The third kappa shape index (κ3) is 1.69. The maximum Gasteiger partial charge on any atom is 0.182 e. The van der Waals surface area contributed by atoms with Crippen LogP contribution in [0.4, 0.5) is 5.82 Å². The molecule has 0 N–H and O–H groups in total. The molecule has 0 fully saturated rings. The lowest BCUT2D eigenvalue weighted by molar-refractivity contribution is 1.04. The highest BCUT2D eigenvalue weighted by Gasteiger charge is 2.22. The summed E-state index contributed by atoms with van der Waals surface area (Å²) in [6.07, 6.45) is 3.46. The second-order valence-electron chi connectivity index (χ2n) is 5.05. The van der Waals surface area contributed by atoms with E-state index >= 15 is 0 Å². The predicted molar refractivity (Wildman–Crippen MR) is 68.4 cm³/mol. The van der Waals surface area contributed by atoms with Crippen LogP contribution in [0.3, 0.4) is 0 Å². The second-order valence-corrected chi connectivity index (χ2v) is 9.87. The highest BCUT2D eigenvalue weighted by Crippen LogP contribution is 2.23. The van der Waals surface area contributed by atoms with Crippen molar-refractivity contribution in [3.05, 3.63) is 12.7 Å². The van der Waals surface area contributed by atoms with E-state index in [0.717, 1.165) is 17.0 Å². The average molecular weight is 235 g/mol. The third-order valence-corrected chi connectivity index (χ3v) is 4.25. The van der Waals surface area contributed by atoms with Gasteiger partial charge in [0, 0.05) is 14.1 Å². The minimum Gasteiger partial charge on any atom is -0.361 e. The Morgan fingerprint density at radius 2 is 1.81 bits per heavy atom. The standard InChI is InChI=1S/C10H17N5Si/c1-14(2)10-8-9(11-6-12-10)13-7-15(8)16(3,4)5/h6-7H,1-5H3. The SMILES string of the molecule is CN(C)c1ncnc2ncn([Si](C)(C)C)c12. The van der Waals surface area contributed by atoms with Gasteiger partial charge in [-0.3, -0.25) is 0 Å². The van der Waals surface area contributed by atoms with E-state index in [2.05, 4.69) is 38.8 Å². The zero-order valence-corrected chi connectivity index (χ0v) is 11.4. The number of imidazole rings is 1. The number of hydrogen-bond donors (Lipinski definition) is 0. The summed E-state index contributed by atoms with van der Waals surface area (Å²) in [6.45, 7) is 6.84. The Hall–Kier alpha value is -1.43. The van der Waals surface area contributed by atoms with Gasteiger partial charge in [-0.1, -0.05) is 19.6 Å². The van der Waals surface area contributed by atoms with Crippen LogP contribution < -0.4 is 4.90 Å². The van der Waals surface area contributed by atoms with Crippen molar-refractivity contribution in [2.45, 2.75) is 19.6 Å². The zero-order chi connectivity index (χ0) is 11.9. The summed E-state index contributed by atoms with van der Waals surface area (Å²) in [5.74, 6) is 0.935. The number of hydrogen-bond acceptors (Lipinski definition) is 4. The zero-order valence-electron chi connectivity index (χ0n) is 10.4. The van der Waals surface area contributed by atoms with Gasteiger partial charge >= 0.3 is 0 Å². The van der Waals surface area contributed by atoms with Gasteiger partial charge in [-0.15, -0.1) is 0 Å². The Kier molecular flexibility index (Phi) is 2.45. The normalized spacial score (nSPS) is 12.1. The highest BCUT2D eigenvalue weighted by atomic mass is 28.3. The van der Waals surface area contributed by atoms with Gasteiger partial charge in [0.15, 0.2) is 19.7 Å². The van der Waals surface area contributed by atoms with Gasteiger partial charge in [-0.05, 0) is 0 Å². The summed E-state index contributed by atoms with van der Waals surface area (Å²) in [6, 6.07) is 0. The molecule has 0 amide bonds. The molecule has 0 saturated carbocycles. The maximum absolute atomic E-state index is 4.35. The van der Waals surface area contributed by atoms with E-state index in [9.17, 15) is 0 Å². The van der Waals surface area contributed by atoms with Crippen molar-refractivity contribution >= 4 is 25.2 Å². The molecule has 5 nitrogen and oxygen atoms in total. The Balaban J connectivity index is 2.78. The van der Waals surface area contributed by atoms with E-state index in [1.54, 1.807) is 6.33 Å². The molecular formula is C10H17N5Si. The van der Waals surface area contributed by atoms with Crippen LogP contribution in [0.1, 0.15) is 0 Å². The number of fused-ring (bicyclic) bond motifs is 1. The fourth-order valence-electron chi connectivity index (χ4n) is 1.68. The molecule has 0 aliphatic heterocycles. The molecule has 0 atom stereocenters. The third-order valence-electron chi connectivity index (χ3n) is 2.47. The molecule has 16 heavy (non-hydrogen) atoms. The van der Waals surface area contributed by atoms with Crippen molar-refractivity contribution in [3.63, 3.8) is 0 Å². The quantitative estimate of drug-likeness (QED) is 0.741. The van der Waals surface area contributed by atoms with E-state index in [4.69, 9.17) is 0 Å². The van der Waals surface area contributed by atoms with Crippen LogP contribution in [0, 0.1) is 0 Å². The monoisotopic (exact) mass is 235 g/mol. The summed E-state index contributed by atoms with van der Waals surface area (Å²) in [5, 5.41) is 0. The molecule has 0 aromatic carbocycles. The summed E-state index contributed by atoms with van der Waals surface area (Å²) in [4.78, 5) is 14.9. The van der Waals surface area contributed by atoms with Gasteiger partial charge in [0.2, 0.25) is 0 Å². The van der Waals surface area contributed by atoms with Crippen LogP contribution in [0.25, 0.3) is 11.2 Å². The van der Waals surface area contributed by atoms with Crippen LogP contribution in [0.15, 0.2) is 12.7 Å². The Bertz CT molecular complexity index is 511. The molecule has 0 radical (unpaired) electrons. The van der Waals surface area contributed by atoms with Gasteiger partial charge in [-0.25, -0.2) is 15.0 Å². The molecule has 0 aliphatic carbocycles. The van der Waals surface area contributed by atoms with Crippen molar-refractivity contribution in [2.75, 3.05) is 19.0 Å². The van der Waals surface area contributed by atoms with E-state index in [0.29, 0.717) is 0 Å². The van der Waals surface area contributed by atoms with Crippen LogP contribution in [0.2, 0.25) is 19.6 Å². The summed E-state index contributed by atoms with van der Waals surface area (Å²) in [5.41, 5.74) is 1.83. The molecule has 0 aliphatic rings. The minimum absolute atomic E-state index is 0.779. The first-order valence-electron chi connectivity index (χ1n) is 5.27. The number of nitrogens with zero attached hydrogens (tertiary/aromatic N) is 5. The first kappa shape index (κ1) is 11.1. The minimum atomic E-state index is -1.48. The Morgan fingerprint density at radius 3 is 2.38 bits per heavy atom. The summed E-state index contributed by atoms with van der Waals surface area (Å²) >= 11 is 0. The van der Waals surface area contributed by atoms with Crippen molar-refractivity contribution in [3.8, 4) is 0 Å². The van der Waals surface area contributed by atoms with Gasteiger partial charge in [0.1, 0.15) is 11.8 Å². The topological polar surface area (TPSA) is 46.8 Å². The van der Waals surface area contributed by atoms with Crippen LogP contribution in [-0.4, -0.2) is 41.5 Å². The molecule has 2 rings (SSSR count). The fraction of sp³-hybridized carbons (Fsp3) is 0.500. The van der Waals surface area contributed by atoms with Crippen LogP contribution >= 0.6 is 0 Å². The molecule has 6 heteroatoms. The lowest BCUT2D eigenvalue weighted by Crippen LogP contribution is -2.31. The second kappa shape index (κ2) is 3.55. The molecule has 2 heterocycles. The van der Waals surface area contributed by atoms with Crippen molar-refractivity contribution in [1.29, 1.82) is 0 Å². The Morgan fingerprint density at radius 1 is 1.12 bits per heavy atom. The van der Waals surface area contributed by atoms with Gasteiger partial charge in [-0.2, -0.15) is 0 Å². The fourth-order valence-corrected chi connectivity index (χ4v) is 2.95. The first-order chi connectivity index (χ1) is 7.41. The lowest BCUT2D eigenvalue weighted by atomic mass is 10.5. The smallest absolute Gasteiger partial charge is 0.182 e. The predicted octanol–water partition coefficient (Wildman–Crippen LogP) is 1.58. The number of anilines is 1. The molecule has 86 valence electrons. The van der Waals surface area contributed by atoms with E-state index in [1.165, 1.54) is 0 Å². The highest BCUT2D eigenvalue weighted by molar-refractivity contribution is 6.75. The number of rotatable bonds is 2. The van der Waals surface area contributed by atoms with Gasteiger partial charge < -0.3 is 9.13 Å². The molecule has 0 spiro atoms. The largest absolute Gasteiger partial charge is 0.361 e.